The summed E-state index contributed by atoms with van der Waals surface area (Å²) in [5.74, 6) is 1.04. The lowest BCUT2D eigenvalue weighted by Crippen LogP contribution is -2.48. The molecule has 2 fully saturated rings. The smallest absolute Gasteiger partial charge is 0.180 e. The van der Waals surface area contributed by atoms with Crippen molar-refractivity contribution in [3.05, 3.63) is 24.5 Å². The first-order valence-electron chi connectivity index (χ1n) is 7.94. The van der Waals surface area contributed by atoms with Crippen LogP contribution in [0.25, 0.3) is 11.2 Å². The molecule has 0 amide bonds. The summed E-state index contributed by atoms with van der Waals surface area (Å²) in [5.41, 5.74) is 1.60. The molecule has 2 bridgehead atoms. The first-order chi connectivity index (χ1) is 10.3. The van der Waals surface area contributed by atoms with Crippen molar-refractivity contribution in [2.45, 2.75) is 50.7 Å². The lowest BCUT2D eigenvalue weighted by molar-refractivity contribution is 0.348. The van der Waals surface area contributed by atoms with Gasteiger partial charge in [0.25, 0.3) is 0 Å². The largest absolute Gasteiger partial charge is 0.354 e. The molecule has 0 aliphatic carbocycles. The standard InChI is InChI=1S/C16H21N5/c1-2-21(13-9-11-3-4-12(10-13)19-11)15-6-5-14-16(20-15)18-8-7-17-14/h5-8,11-13,19H,2-4,9-10H2,1H3. The first-order valence-corrected chi connectivity index (χ1v) is 7.94. The molecule has 21 heavy (non-hydrogen) atoms. The zero-order valence-corrected chi connectivity index (χ0v) is 12.4. The quantitative estimate of drug-likeness (QED) is 0.935. The van der Waals surface area contributed by atoms with Crippen LogP contribution in [0.5, 0.6) is 0 Å². The number of hydrogen-bond acceptors (Lipinski definition) is 5. The molecule has 5 heteroatoms. The molecule has 2 aliphatic heterocycles. The van der Waals surface area contributed by atoms with Gasteiger partial charge in [0, 0.05) is 37.1 Å². The minimum atomic E-state index is 0.593. The first kappa shape index (κ1) is 13.0. The average Bonchev–Trinajstić information content (AvgIpc) is 2.86. The molecule has 2 aromatic rings. The van der Waals surface area contributed by atoms with Gasteiger partial charge in [0.1, 0.15) is 11.3 Å². The zero-order chi connectivity index (χ0) is 14.2. The molecule has 2 unspecified atom stereocenters. The van der Waals surface area contributed by atoms with E-state index in [1.165, 1.54) is 25.7 Å². The van der Waals surface area contributed by atoms with Crippen LogP contribution < -0.4 is 10.2 Å². The van der Waals surface area contributed by atoms with Gasteiger partial charge in [0.15, 0.2) is 5.65 Å². The van der Waals surface area contributed by atoms with Crippen LogP contribution in [0.2, 0.25) is 0 Å². The topological polar surface area (TPSA) is 53.9 Å². The maximum Gasteiger partial charge on any atom is 0.180 e. The van der Waals surface area contributed by atoms with E-state index in [1.54, 1.807) is 12.4 Å². The Labute approximate surface area is 124 Å². The summed E-state index contributed by atoms with van der Waals surface area (Å²) < 4.78 is 0. The normalized spacial score (nSPS) is 28.0. The van der Waals surface area contributed by atoms with E-state index in [4.69, 9.17) is 4.98 Å². The zero-order valence-electron chi connectivity index (χ0n) is 12.4. The van der Waals surface area contributed by atoms with Gasteiger partial charge in [-0.3, -0.25) is 4.98 Å². The number of nitrogens with zero attached hydrogens (tertiary/aromatic N) is 4. The van der Waals surface area contributed by atoms with Crippen molar-refractivity contribution in [1.82, 2.24) is 20.3 Å². The lowest BCUT2D eigenvalue weighted by Gasteiger charge is -2.38. The number of pyridine rings is 1. The molecule has 4 heterocycles. The predicted molar refractivity (Wildman–Crippen MR) is 83.3 cm³/mol. The molecule has 2 aliphatic rings. The Morgan fingerprint density at radius 2 is 1.90 bits per heavy atom. The molecule has 0 radical (unpaired) electrons. The van der Waals surface area contributed by atoms with E-state index in [-0.39, 0.29) is 0 Å². The van der Waals surface area contributed by atoms with Gasteiger partial charge >= 0.3 is 0 Å². The van der Waals surface area contributed by atoms with Gasteiger partial charge in [-0.1, -0.05) is 0 Å². The highest BCUT2D eigenvalue weighted by atomic mass is 15.2. The third-order valence-corrected chi connectivity index (χ3v) is 4.84. The van der Waals surface area contributed by atoms with Gasteiger partial charge in [0.05, 0.1) is 0 Å². The minimum absolute atomic E-state index is 0.593. The molecule has 110 valence electrons. The fraction of sp³-hybridized carbons (Fsp3) is 0.562. The number of piperidine rings is 1. The highest BCUT2D eigenvalue weighted by Gasteiger charge is 2.36. The summed E-state index contributed by atoms with van der Waals surface area (Å²) in [6.45, 7) is 3.20. The van der Waals surface area contributed by atoms with E-state index >= 15 is 0 Å². The number of aromatic nitrogens is 3. The van der Waals surface area contributed by atoms with Crippen LogP contribution in [0.15, 0.2) is 24.5 Å². The van der Waals surface area contributed by atoms with Gasteiger partial charge in [-0.25, -0.2) is 9.97 Å². The van der Waals surface area contributed by atoms with Crippen LogP contribution in [0.4, 0.5) is 5.82 Å². The van der Waals surface area contributed by atoms with Crippen LogP contribution in [0, 0.1) is 0 Å². The van der Waals surface area contributed by atoms with Crippen LogP contribution in [-0.4, -0.2) is 39.6 Å². The van der Waals surface area contributed by atoms with Gasteiger partial charge in [-0.05, 0) is 44.7 Å². The van der Waals surface area contributed by atoms with Gasteiger partial charge in [0.2, 0.25) is 0 Å². The second kappa shape index (κ2) is 5.22. The van der Waals surface area contributed by atoms with Gasteiger partial charge in [-0.15, -0.1) is 0 Å². The molecule has 2 atom stereocenters. The summed E-state index contributed by atoms with van der Waals surface area (Å²) in [6, 6.07) is 6.11. The van der Waals surface area contributed by atoms with Crippen molar-refractivity contribution in [2.75, 3.05) is 11.4 Å². The van der Waals surface area contributed by atoms with E-state index in [1.807, 2.05) is 6.07 Å². The molecule has 5 nitrogen and oxygen atoms in total. The molecule has 2 aromatic heterocycles. The van der Waals surface area contributed by atoms with Crippen LogP contribution in [-0.2, 0) is 0 Å². The van der Waals surface area contributed by atoms with Crippen molar-refractivity contribution in [2.24, 2.45) is 0 Å². The number of fused-ring (bicyclic) bond motifs is 3. The Kier molecular flexibility index (Phi) is 3.22. The van der Waals surface area contributed by atoms with Crippen molar-refractivity contribution in [3.8, 4) is 0 Å². The number of rotatable bonds is 3. The Morgan fingerprint density at radius 3 is 2.67 bits per heavy atom. The highest BCUT2D eigenvalue weighted by Crippen LogP contribution is 2.31. The average molecular weight is 283 g/mol. The third kappa shape index (κ3) is 2.35. The Morgan fingerprint density at radius 1 is 1.14 bits per heavy atom. The SMILES string of the molecule is CCN(c1ccc2nccnc2n1)C1CC2CCC(C1)N2. The molecule has 4 rings (SSSR count). The lowest BCUT2D eigenvalue weighted by atomic mass is 9.98. The predicted octanol–water partition coefficient (Wildman–Crippen LogP) is 2.13. The van der Waals surface area contributed by atoms with Crippen molar-refractivity contribution in [1.29, 1.82) is 0 Å². The van der Waals surface area contributed by atoms with Gasteiger partial charge in [-0.2, -0.15) is 0 Å². The molecule has 0 saturated carbocycles. The monoisotopic (exact) mass is 283 g/mol. The number of nitrogens with one attached hydrogen (secondary N) is 1. The molecule has 1 N–H and O–H groups in total. The summed E-state index contributed by atoms with van der Waals surface area (Å²) in [7, 11) is 0. The van der Waals surface area contributed by atoms with Crippen molar-refractivity contribution in [3.63, 3.8) is 0 Å². The summed E-state index contributed by atoms with van der Waals surface area (Å²) in [4.78, 5) is 15.8. The van der Waals surface area contributed by atoms with Crippen LogP contribution in [0.3, 0.4) is 0 Å². The van der Waals surface area contributed by atoms with E-state index in [0.29, 0.717) is 18.1 Å². The molecular formula is C16H21N5. The van der Waals surface area contributed by atoms with Crippen LogP contribution in [0.1, 0.15) is 32.6 Å². The van der Waals surface area contributed by atoms with Crippen molar-refractivity contribution >= 4 is 17.0 Å². The van der Waals surface area contributed by atoms with Gasteiger partial charge < -0.3 is 10.2 Å². The van der Waals surface area contributed by atoms with Crippen LogP contribution >= 0.6 is 0 Å². The molecular weight excluding hydrogens is 262 g/mol. The fourth-order valence-corrected chi connectivity index (χ4v) is 3.89. The Hall–Kier alpha value is -1.75. The van der Waals surface area contributed by atoms with E-state index in [9.17, 15) is 0 Å². The Bertz CT molecular complexity index is 631. The maximum absolute atomic E-state index is 4.72. The molecule has 0 aromatic carbocycles. The fourth-order valence-electron chi connectivity index (χ4n) is 3.89. The minimum Gasteiger partial charge on any atom is -0.354 e. The number of anilines is 1. The van der Waals surface area contributed by atoms with E-state index < -0.39 is 0 Å². The summed E-state index contributed by atoms with van der Waals surface area (Å²) >= 11 is 0. The second-order valence-corrected chi connectivity index (χ2v) is 6.12. The highest BCUT2D eigenvalue weighted by molar-refractivity contribution is 5.71. The van der Waals surface area contributed by atoms with E-state index in [0.717, 1.165) is 23.5 Å². The second-order valence-electron chi connectivity index (χ2n) is 6.12. The molecule has 2 saturated heterocycles. The Balaban J connectivity index is 1.64. The third-order valence-electron chi connectivity index (χ3n) is 4.84. The number of hydrogen-bond donors (Lipinski definition) is 1. The van der Waals surface area contributed by atoms with Crippen molar-refractivity contribution < 1.29 is 0 Å². The van der Waals surface area contributed by atoms with E-state index in [2.05, 4.69) is 33.2 Å². The summed E-state index contributed by atoms with van der Waals surface area (Å²) in [6.07, 6.45) is 8.53. The molecule has 0 spiro atoms. The maximum atomic E-state index is 4.72. The summed E-state index contributed by atoms with van der Waals surface area (Å²) in [5, 5.41) is 3.71.